The first-order chi connectivity index (χ1) is 15.2. The summed E-state index contributed by atoms with van der Waals surface area (Å²) in [6, 6.07) is 15.3. The molecule has 2 aromatic carbocycles. The van der Waals surface area contributed by atoms with Gasteiger partial charge in [-0.3, -0.25) is 4.79 Å². The Morgan fingerprint density at radius 3 is 2.31 bits per heavy atom. The van der Waals surface area contributed by atoms with Crippen molar-refractivity contribution in [2.45, 2.75) is 19.8 Å². The van der Waals surface area contributed by atoms with Gasteiger partial charge in [-0.05, 0) is 48.9 Å². The maximum atomic E-state index is 12.3. The number of carbonyl (C=O) groups excluding carboxylic acids is 2. The molecule has 0 saturated heterocycles. The largest absolute Gasteiger partial charge is 0.573 e. The van der Waals surface area contributed by atoms with Crippen molar-refractivity contribution in [1.82, 2.24) is 10.3 Å². The first-order valence-electron chi connectivity index (χ1n) is 9.12. The molecule has 0 aliphatic rings. The molecule has 10 heteroatoms. The lowest BCUT2D eigenvalue weighted by Gasteiger charge is -2.11. The molecule has 0 saturated carbocycles. The molecule has 0 radical (unpaired) electrons. The summed E-state index contributed by atoms with van der Waals surface area (Å²) in [6.45, 7) is 4.03. The van der Waals surface area contributed by atoms with Crippen LogP contribution in [0.2, 0.25) is 0 Å². The van der Waals surface area contributed by atoms with Crippen LogP contribution in [0.1, 0.15) is 21.6 Å². The van der Waals surface area contributed by atoms with Crippen LogP contribution in [-0.4, -0.2) is 24.0 Å². The Hall–Kier alpha value is -4.08. The molecular weight excluding hydrogens is 427 g/mol. The number of nitrogen functional groups attached to an aromatic ring is 1. The van der Waals surface area contributed by atoms with E-state index < -0.39 is 6.36 Å². The van der Waals surface area contributed by atoms with Crippen LogP contribution in [0.25, 0.3) is 0 Å². The Balaban J connectivity index is 0.00000176. The summed E-state index contributed by atoms with van der Waals surface area (Å²) in [5, 5.41) is 2.75. The molecule has 1 heterocycles. The molecule has 0 aliphatic carbocycles. The van der Waals surface area contributed by atoms with Crippen molar-refractivity contribution < 1.29 is 32.2 Å². The molecular formula is C22H20F3N3O4. The topological polar surface area (TPSA) is 104 Å². The maximum Gasteiger partial charge on any atom is 0.573 e. The minimum absolute atomic E-state index is 0.160. The van der Waals surface area contributed by atoms with Gasteiger partial charge in [0, 0.05) is 18.3 Å². The number of nitrogens with zero attached hydrogens (tertiary/aromatic N) is 1. The van der Waals surface area contributed by atoms with E-state index in [1.807, 2.05) is 6.79 Å². The third-order valence-corrected chi connectivity index (χ3v) is 3.96. The summed E-state index contributed by atoms with van der Waals surface area (Å²) in [5.74, 6) is 0.0559. The van der Waals surface area contributed by atoms with Crippen LogP contribution in [0.5, 0.6) is 17.2 Å². The van der Waals surface area contributed by atoms with E-state index in [1.165, 1.54) is 18.2 Å². The Bertz CT molecular complexity index is 1060. The highest BCUT2D eigenvalue weighted by molar-refractivity contribution is 5.98. The number of carbonyl (C=O) groups is 2. The van der Waals surface area contributed by atoms with Crippen LogP contribution in [0.15, 0.2) is 60.7 Å². The van der Waals surface area contributed by atoms with E-state index in [4.69, 9.17) is 15.3 Å². The van der Waals surface area contributed by atoms with E-state index in [-0.39, 0.29) is 29.8 Å². The van der Waals surface area contributed by atoms with Gasteiger partial charge < -0.3 is 25.3 Å². The highest BCUT2D eigenvalue weighted by atomic mass is 19.4. The predicted octanol–water partition coefficient (Wildman–Crippen LogP) is 4.41. The number of aryl methyl sites for hydroxylation is 1. The molecule has 32 heavy (non-hydrogen) atoms. The lowest BCUT2D eigenvalue weighted by atomic mass is 10.2. The van der Waals surface area contributed by atoms with Gasteiger partial charge in [-0.15, -0.1) is 13.2 Å². The van der Waals surface area contributed by atoms with Crippen LogP contribution >= 0.6 is 0 Å². The van der Waals surface area contributed by atoms with Crippen LogP contribution in [-0.2, 0) is 11.3 Å². The van der Waals surface area contributed by atoms with Crippen molar-refractivity contribution in [1.29, 1.82) is 0 Å². The molecule has 7 nitrogen and oxygen atoms in total. The molecule has 3 N–H and O–H groups in total. The lowest BCUT2D eigenvalue weighted by molar-refractivity contribution is -0.274. The van der Waals surface area contributed by atoms with Crippen LogP contribution in [0.3, 0.4) is 0 Å². The maximum absolute atomic E-state index is 12.3. The molecule has 0 unspecified atom stereocenters. The zero-order valence-electron chi connectivity index (χ0n) is 17.0. The Morgan fingerprint density at radius 2 is 1.69 bits per heavy atom. The molecule has 0 aliphatic heterocycles. The number of aromatic nitrogens is 1. The van der Waals surface area contributed by atoms with Gasteiger partial charge in [0.15, 0.2) is 0 Å². The minimum Gasteiger partial charge on any atom is -0.457 e. The predicted molar refractivity (Wildman–Crippen MR) is 111 cm³/mol. The zero-order valence-corrected chi connectivity index (χ0v) is 17.0. The van der Waals surface area contributed by atoms with Crippen molar-refractivity contribution in [3.63, 3.8) is 0 Å². The smallest absolute Gasteiger partial charge is 0.457 e. The first kappa shape index (κ1) is 24.2. The van der Waals surface area contributed by atoms with E-state index in [1.54, 1.807) is 43.3 Å². The summed E-state index contributed by atoms with van der Waals surface area (Å²) in [6.07, 6.45) is -4.77. The number of rotatable bonds is 6. The molecule has 3 rings (SSSR count). The van der Waals surface area contributed by atoms with Crippen molar-refractivity contribution >= 4 is 18.5 Å². The number of pyridine rings is 1. The molecule has 1 amide bonds. The van der Waals surface area contributed by atoms with Crippen molar-refractivity contribution in [2.24, 2.45) is 0 Å². The van der Waals surface area contributed by atoms with Gasteiger partial charge in [0.2, 0.25) is 0 Å². The van der Waals surface area contributed by atoms with Crippen LogP contribution < -0.4 is 20.5 Å². The number of alkyl halides is 3. The molecule has 0 bridgehead atoms. The number of benzene rings is 2. The third-order valence-electron chi connectivity index (χ3n) is 3.96. The van der Waals surface area contributed by atoms with Crippen LogP contribution in [0, 0.1) is 6.92 Å². The third kappa shape index (κ3) is 7.31. The van der Waals surface area contributed by atoms with E-state index in [0.29, 0.717) is 11.3 Å². The highest BCUT2D eigenvalue weighted by Gasteiger charge is 2.31. The second kappa shape index (κ2) is 10.8. The second-order valence-corrected chi connectivity index (χ2v) is 6.34. The van der Waals surface area contributed by atoms with Crippen molar-refractivity contribution in [3.05, 3.63) is 77.5 Å². The number of amides is 1. The Labute approximate surface area is 182 Å². The minimum atomic E-state index is -4.77. The van der Waals surface area contributed by atoms with Gasteiger partial charge in [0.05, 0.1) is 5.56 Å². The monoisotopic (exact) mass is 447 g/mol. The number of halogens is 3. The number of anilines is 1. The van der Waals surface area contributed by atoms with Crippen LogP contribution in [0.4, 0.5) is 19.0 Å². The van der Waals surface area contributed by atoms with Crippen molar-refractivity contribution in [2.75, 3.05) is 5.73 Å². The van der Waals surface area contributed by atoms with Gasteiger partial charge >= 0.3 is 6.36 Å². The van der Waals surface area contributed by atoms with Gasteiger partial charge in [-0.2, -0.15) is 0 Å². The standard InChI is InChI=1S/C21H18F3N3O3.CH2O/c1-13-5-10-18(19(25)27-13)20(28)26-12-14-6-8-15(9-7-14)29-16-3-2-4-17(11-16)30-21(22,23)24;1-2/h2-11H,12H2,1H3,(H2,25,27)(H,26,28);1H2. The van der Waals surface area contributed by atoms with E-state index in [0.717, 1.165) is 17.3 Å². The average Bonchev–Trinajstić information content (AvgIpc) is 2.73. The molecule has 3 aromatic rings. The summed E-state index contributed by atoms with van der Waals surface area (Å²) in [5.41, 5.74) is 7.57. The summed E-state index contributed by atoms with van der Waals surface area (Å²) >= 11 is 0. The van der Waals surface area contributed by atoms with Gasteiger partial charge in [-0.1, -0.05) is 18.2 Å². The molecule has 168 valence electrons. The Morgan fingerprint density at radius 1 is 1.03 bits per heavy atom. The Kier molecular flexibility index (Phi) is 8.17. The normalized spacial score (nSPS) is 10.5. The first-order valence-corrected chi connectivity index (χ1v) is 9.12. The fraction of sp³-hybridized carbons (Fsp3) is 0.136. The number of nitrogens with one attached hydrogen (secondary N) is 1. The molecule has 0 spiro atoms. The second-order valence-electron chi connectivity index (χ2n) is 6.34. The summed E-state index contributed by atoms with van der Waals surface area (Å²) in [7, 11) is 0. The van der Waals surface area contributed by atoms with E-state index in [9.17, 15) is 18.0 Å². The summed E-state index contributed by atoms with van der Waals surface area (Å²) < 4.78 is 46.4. The molecule has 0 fully saturated rings. The highest BCUT2D eigenvalue weighted by Crippen LogP contribution is 2.29. The van der Waals surface area contributed by atoms with Gasteiger partial charge in [-0.25, -0.2) is 4.98 Å². The van der Waals surface area contributed by atoms with E-state index in [2.05, 4.69) is 15.0 Å². The van der Waals surface area contributed by atoms with E-state index >= 15 is 0 Å². The average molecular weight is 447 g/mol. The van der Waals surface area contributed by atoms with Crippen molar-refractivity contribution in [3.8, 4) is 17.2 Å². The lowest BCUT2D eigenvalue weighted by Crippen LogP contribution is -2.24. The number of nitrogens with two attached hydrogens (primary N) is 1. The summed E-state index contributed by atoms with van der Waals surface area (Å²) in [4.78, 5) is 24.3. The zero-order chi connectivity index (χ0) is 23.7. The fourth-order valence-electron chi connectivity index (χ4n) is 2.59. The fourth-order valence-corrected chi connectivity index (χ4v) is 2.59. The number of hydrogen-bond acceptors (Lipinski definition) is 6. The number of ether oxygens (including phenoxy) is 2. The molecule has 1 aromatic heterocycles. The quantitative estimate of drug-likeness (QED) is 0.580. The van der Waals surface area contributed by atoms with Gasteiger partial charge in [0.1, 0.15) is 29.9 Å². The number of hydrogen-bond donors (Lipinski definition) is 2. The van der Waals surface area contributed by atoms with Gasteiger partial charge in [0.25, 0.3) is 5.91 Å². The SMILES string of the molecule is C=O.Cc1ccc(C(=O)NCc2ccc(Oc3cccc(OC(F)(F)F)c3)cc2)c(N)n1. The molecule has 0 atom stereocenters.